The Morgan fingerprint density at radius 1 is 1.27 bits per heavy atom. The molecule has 0 saturated heterocycles. The number of benzene rings is 1. The molecule has 2 heteroatoms. The highest BCUT2D eigenvalue weighted by Crippen LogP contribution is 2.26. The predicted molar refractivity (Wildman–Crippen MR) is 61.0 cm³/mol. The Balaban J connectivity index is 0.000000921. The van der Waals surface area contributed by atoms with Crippen molar-refractivity contribution in [3.05, 3.63) is 35.6 Å². The fourth-order valence-electron chi connectivity index (χ4n) is 1.17. The number of hydrogen-bond acceptors (Lipinski definition) is 1. The van der Waals surface area contributed by atoms with Crippen LogP contribution < -0.4 is 0 Å². The van der Waals surface area contributed by atoms with Gasteiger partial charge in [0.2, 0.25) is 0 Å². The summed E-state index contributed by atoms with van der Waals surface area (Å²) in [5, 5.41) is 8.96. The molecule has 0 bridgehead atoms. The molecule has 0 heterocycles. The second-order valence-corrected chi connectivity index (χ2v) is 3.30. The first-order valence-electron chi connectivity index (χ1n) is 5.29. The van der Waals surface area contributed by atoms with E-state index in [2.05, 4.69) is 6.07 Å². The van der Waals surface area contributed by atoms with Crippen molar-refractivity contribution in [1.82, 2.24) is 0 Å². The summed E-state index contributed by atoms with van der Waals surface area (Å²) in [5.41, 5.74) is 0.382. The lowest BCUT2D eigenvalue weighted by Gasteiger charge is -2.19. The van der Waals surface area contributed by atoms with Gasteiger partial charge >= 0.3 is 0 Å². The minimum absolute atomic E-state index is 0.264. The molecule has 1 atom stereocenters. The third-order valence-corrected chi connectivity index (χ3v) is 2.44. The van der Waals surface area contributed by atoms with Gasteiger partial charge in [-0.1, -0.05) is 32.9 Å². The zero-order valence-corrected chi connectivity index (χ0v) is 9.84. The van der Waals surface area contributed by atoms with Gasteiger partial charge in [0.1, 0.15) is 5.82 Å². The van der Waals surface area contributed by atoms with E-state index in [1.807, 2.05) is 27.7 Å². The Morgan fingerprint density at radius 2 is 1.73 bits per heavy atom. The SMILES string of the molecule is CC.CCC(C)(C#N)c1ccc(F)cc1. The highest BCUT2D eigenvalue weighted by atomic mass is 19.1. The van der Waals surface area contributed by atoms with Crippen molar-refractivity contribution >= 4 is 0 Å². The predicted octanol–water partition coefficient (Wildman–Crippen LogP) is 4.04. The average Bonchev–Trinajstić information content (AvgIpc) is 2.31. The van der Waals surface area contributed by atoms with E-state index in [1.54, 1.807) is 12.1 Å². The first-order chi connectivity index (χ1) is 7.12. The Hall–Kier alpha value is -1.36. The van der Waals surface area contributed by atoms with Gasteiger partial charge in [-0.25, -0.2) is 4.39 Å². The van der Waals surface area contributed by atoms with E-state index in [0.29, 0.717) is 0 Å². The van der Waals surface area contributed by atoms with Gasteiger partial charge < -0.3 is 0 Å². The maximum atomic E-state index is 12.6. The molecule has 1 aromatic rings. The molecule has 0 N–H and O–H groups in total. The van der Waals surface area contributed by atoms with Crippen LogP contribution >= 0.6 is 0 Å². The molecule has 15 heavy (non-hydrogen) atoms. The molecule has 0 fully saturated rings. The van der Waals surface area contributed by atoms with Crippen LogP contribution in [0.25, 0.3) is 0 Å². The summed E-state index contributed by atoms with van der Waals surface area (Å²) in [7, 11) is 0. The molecule has 0 radical (unpaired) electrons. The van der Waals surface area contributed by atoms with Crippen LogP contribution in [0, 0.1) is 17.1 Å². The van der Waals surface area contributed by atoms with Crippen molar-refractivity contribution in [3.8, 4) is 6.07 Å². The molecule has 1 unspecified atom stereocenters. The van der Waals surface area contributed by atoms with Gasteiger partial charge in [-0.3, -0.25) is 0 Å². The van der Waals surface area contributed by atoms with Crippen LogP contribution in [-0.2, 0) is 5.41 Å². The lowest BCUT2D eigenvalue weighted by Crippen LogP contribution is -2.17. The third-order valence-electron chi connectivity index (χ3n) is 2.44. The maximum Gasteiger partial charge on any atom is 0.123 e. The van der Waals surface area contributed by atoms with Gasteiger partial charge in [0.25, 0.3) is 0 Å². The highest BCUT2D eigenvalue weighted by molar-refractivity contribution is 5.31. The van der Waals surface area contributed by atoms with Gasteiger partial charge in [0.05, 0.1) is 11.5 Å². The van der Waals surface area contributed by atoms with E-state index in [1.165, 1.54) is 12.1 Å². The molecule has 0 spiro atoms. The Kier molecular flexibility index (Phi) is 5.62. The fourth-order valence-corrected chi connectivity index (χ4v) is 1.17. The zero-order valence-electron chi connectivity index (χ0n) is 9.84. The third kappa shape index (κ3) is 3.36. The van der Waals surface area contributed by atoms with Crippen LogP contribution in [0.5, 0.6) is 0 Å². The summed E-state index contributed by atoms with van der Waals surface area (Å²) < 4.78 is 12.6. The summed E-state index contributed by atoms with van der Waals surface area (Å²) in [4.78, 5) is 0. The first-order valence-corrected chi connectivity index (χ1v) is 5.29. The van der Waals surface area contributed by atoms with Crippen molar-refractivity contribution < 1.29 is 4.39 Å². The molecule has 0 aromatic heterocycles. The van der Waals surface area contributed by atoms with Gasteiger partial charge in [-0.15, -0.1) is 0 Å². The molecular formula is C13H18FN. The fraction of sp³-hybridized carbons (Fsp3) is 0.462. The minimum atomic E-state index is -0.492. The van der Waals surface area contributed by atoms with Crippen LogP contribution in [-0.4, -0.2) is 0 Å². The lowest BCUT2D eigenvalue weighted by atomic mass is 9.82. The number of nitrogens with zero attached hydrogens (tertiary/aromatic N) is 1. The van der Waals surface area contributed by atoms with Gasteiger partial charge in [0.15, 0.2) is 0 Å². The number of nitriles is 1. The normalized spacial score (nSPS) is 13.1. The summed E-state index contributed by atoms with van der Waals surface area (Å²) in [6.45, 7) is 7.81. The topological polar surface area (TPSA) is 23.8 Å². The van der Waals surface area contributed by atoms with E-state index in [9.17, 15) is 4.39 Å². The Labute approximate surface area is 91.5 Å². The maximum absolute atomic E-state index is 12.6. The van der Waals surface area contributed by atoms with Gasteiger partial charge in [-0.2, -0.15) is 5.26 Å². The minimum Gasteiger partial charge on any atom is -0.207 e. The quantitative estimate of drug-likeness (QED) is 0.718. The molecule has 82 valence electrons. The molecular weight excluding hydrogens is 189 g/mol. The summed E-state index contributed by atoms with van der Waals surface area (Å²) in [6, 6.07) is 8.36. The number of rotatable bonds is 2. The lowest BCUT2D eigenvalue weighted by molar-refractivity contribution is 0.581. The molecule has 0 saturated carbocycles. The van der Waals surface area contributed by atoms with Crippen LogP contribution in [0.15, 0.2) is 24.3 Å². The van der Waals surface area contributed by atoms with E-state index >= 15 is 0 Å². The van der Waals surface area contributed by atoms with Crippen LogP contribution in [0.3, 0.4) is 0 Å². The van der Waals surface area contributed by atoms with Gasteiger partial charge in [0, 0.05) is 0 Å². The summed E-state index contributed by atoms with van der Waals surface area (Å²) in [6.07, 6.45) is 0.731. The second-order valence-electron chi connectivity index (χ2n) is 3.30. The van der Waals surface area contributed by atoms with E-state index in [0.717, 1.165) is 12.0 Å². The number of halogens is 1. The molecule has 0 aliphatic heterocycles. The van der Waals surface area contributed by atoms with Crippen LogP contribution in [0.1, 0.15) is 39.7 Å². The van der Waals surface area contributed by atoms with Crippen LogP contribution in [0.4, 0.5) is 4.39 Å². The number of hydrogen-bond donors (Lipinski definition) is 0. The highest BCUT2D eigenvalue weighted by Gasteiger charge is 2.23. The smallest absolute Gasteiger partial charge is 0.123 e. The molecule has 0 aliphatic carbocycles. The summed E-state index contributed by atoms with van der Waals surface area (Å²) in [5.74, 6) is -0.264. The largest absolute Gasteiger partial charge is 0.207 e. The second kappa shape index (κ2) is 6.19. The van der Waals surface area contributed by atoms with E-state index in [4.69, 9.17) is 5.26 Å². The Morgan fingerprint density at radius 3 is 2.07 bits per heavy atom. The van der Waals surface area contributed by atoms with Crippen molar-refractivity contribution in [3.63, 3.8) is 0 Å². The van der Waals surface area contributed by atoms with E-state index in [-0.39, 0.29) is 5.82 Å². The molecule has 1 nitrogen and oxygen atoms in total. The standard InChI is InChI=1S/C11H12FN.C2H6/c1-3-11(2,8-13)9-4-6-10(12)7-5-9;1-2/h4-7H,3H2,1-2H3;1-2H3. The van der Waals surface area contributed by atoms with E-state index < -0.39 is 5.41 Å². The van der Waals surface area contributed by atoms with Crippen molar-refractivity contribution in [2.45, 2.75) is 39.5 Å². The Bertz CT molecular complexity index is 323. The molecule has 0 amide bonds. The van der Waals surface area contributed by atoms with Crippen molar-refractivity contribution in [2.75, 3.05) is 0 Å². The van der Waals surface area contributed by atoms with Crippen molar-refractivity contribution in [2.24, 2.45) is 0 Å². The average molecular weight is 207 g/mol. The monoisotopic (exact) mass is 207 g/mol. The molecule has 1 aromatic carbocycles. The molecule has 1 rings (SSSR count). The summed E-state index contributed by atoms with van der Waals surface area (Å²) >= 11 is 0. The van der Waals surface area contributed by atoms with Gasteiger partial charge in [-0.05, 0) is 31.0 Å². The molecule has 0 aliphatic rings. The van der Waals surface area contributed by atoms with Crippen LogP contribution in [0.2, 0.25) is 0 Å². The first kappa shape index (κ1) is 13.6. The van der Waals surface area contributed by atoms with Crippen molar-refractivity contribution in [1.29, 1.82) is 5.26 Å². The zero-order chi connectivity index (χ0) is 11.9.